The molecule has 0 aromatic heterocycles. The van der Waals surface area contributed by atoms with Crippen molar-refractivity contribution in [3.05, 3.63) is 35.9 Å². The molecule has 108 valence electrons. The summed E-state index contributed by atoms with van der Waals surface area (Å²) in [6.45, 7) is 4.01. The number of hydrogen-bond donors (Lipinski definition) is 1. The highest BCUT2D eigenvalue weighted by Crippen LogP contribution is 2.33. The Hall–Kier alpha value is -1.00. The number of amides is 1. The van der Waals surface area contributed by atoms with Crippen molar-refractivity contribution < 1.29 is 4.79 Å². The first-order valence-electron chi connectivity index (χ1n) is 7.45. The van der Waals surface area contributed by atoms with E-state index in [-0.39, 0.29) is 11.9 Å². The molecule has 1 amide bonds. The minimum Gasteiger partial charge on any atom is -0.352 e. The van der Waals surface area contributed by atoms with E-state index in [0.29, 0.717) is 11.3 Å². The van der Waals surface area contributed by atoms with Crippen LogP contribution in [0.2, 0.25) is 0 Å². The fourth-order valence-corrected chi connectivity index (χ4v) is 3.88. The molecule has 1 aromatic rings. The van der Waals surface area contributed by atoms with Crippen LogP contribution in [0.25, 0.3) is 0 Å². The van der Waals surface area contributed by atoms with Crippen molar-refractivity contribution in [2.24, 2.45) is 0 Å². The highest BCUT2D eigenvalue weighted by molar-refractivity contribution is 7.99. The van der Waals surface area contributed by atoms with Gasteiger partial charge < -0.3 is 5.32 Å². The van der Waals surface area contributed by atoms with Crippen LogP contribution < -0.4 is 5.32 Å². The molecule has 1 heterocycles. The van der Waals surface area contributed by atoms with Gasteiger partial charge in [0.05, 0.1) is 6.04 Å². The SMILES string of the molecule is C[C@@H](C(=O)NC1CC1)N1CCS[C@@H](c2ccccc2)C1. The average molecular weight is 290 g/mol. The van der Waals surface area contributed by atoms with Crippen molar-refractivity contribution >= 4 is 17.7 Å². The number of benzene rings is 1. The van der Waals surface area contributed by atoms with E-state index in [1.165, 1.54) is 5.56 Å². The standard InChI is InChI=1S/C16H22N2OS/c1-12(16(19)17-14-7-8-14)18-9-10-20-15(11-18)13-5-3-2-4-6-13/h2-6,12,14-15H,7-11H2,1H3,(H,17,19)/t12-,15+/m0/s1. The van der Waals surface area contributed by atoms with Crippen LogP contribution in [0.4, 0.5) is 0 Å². The predicted octanol–water partition coefficient (Wildman–Crippen LogP) is 2.44. The molecule has 2 fully saturated rings. The summed E-state index contributed by atoms with van der Waals surface area (Å²) in [5, 5.41) is 3.61. The van der Waals surface area contributed by atoms with Crippen LogP contribution in [-0.2, 0) is 4.79 Å². The molecule has 4 heteroatoms. The first kappa shape index (κ1) is 14.0. The van der Waals surface area contributed by atoms with Crippen LogP contribution in [0, 0.1) is 0 Å². The Kier molecular flexibility index (Phi) is 4.32. The molecule has 0 spiro atoms. The van der Waals surface area contributed by atoms with Crippen LogP contribution in [0.5, 0.6) is 0 Å². The minimum atomic E-state index is -0.0114. The smallest absolute Gasteiger partial charge is 0.237 e. The molecule has 0 radical (unpaired) electrons. The van der Waals surface area contributed by atoms with Gasteiger partial charge in [0.25, 0.3) is 0 Å². The largest absolute Gasteiger partial charge is 0.352 e. The zero-order valence-corrected chi connectivity index (χ0v) is 12.7. The topological polar surface area (TPSA) is 32.3 Å². The van der Waals surface area contributed by atoms with Crippen molar-refractivity contribution in [3.63, 3.8) is 0 Å². The molecule has 20 heavy (non-hydrogen) atoms. The molecule has 3 rings (SSSR count). The summed E-state index contributed by atoms with van der Waals surface area (Å²) < 4.78 is 0. The Morgan fingerprint density at radius 2 is 2.10 bits per heavy atom. The summed E-state index contributed by atoms with van der Waals surface area (Å²) in [7, 11) is 0. The van der Waals surface area contributed by atoms with Crippen LogP contribution in [0.1, 0.15) is 30.6 Å². The Balaban J connectivity index is 1.60. The van der Waals surface area contributed by atoms with Crippen LogP contribution in [-0.4, -0.2) is 41.7 Å². The zero-order chi connectivity index (χ0) is 13.9. The molecule has 1 aliphatic carbocycles. The lowest BCUT2D eigenvalue weighted by Crippen LogP contribution is -2.49. The van der Waals surface area contributed by atoms with E-state index in [9.17, 15) is 4.79 Å². The van der Waals surface area contributed by atoms with E-state index >= 15 is 0 Å². The maximum atomic E-state index is 12.2. The molecule has 2 aliphatic rings. The summed E-state index contributed by atoms with van der Waals surface area (Å²) in [4.78, 5) is 14.5. The third kappa shape index (κ3) is 3.36. The number of carbonyl (C=O) groups is 1. The second-order valence-electron chi connectivity index (χ2n) is 5.72. The van der Waals surface area contributed by atoms with Gasteiger partial charge in [-0.2, -0.15) is 11.8 Å². The van der Waals surface area contributed by atoms with Crippen molar-refractivity contribution in [3.8, 4) is 0 Å². The van der Waals surface area contributed by atoms with Gasteiger partial charge in [0.1, 0.15) is 0 Å². The van der Waals surface area contributed by atoms with Gasteiger partial charge in [-0.05, 0) is 25.3 Å². The Morgan fingerprint density at radius 3 is 2.80 bits per heavy atom. The summed E-state index contributed by atoms with van der Waals surface area (Å²) >= 11 is 2.00. The van der Waals surface area contributed by atoms with Crippen LogP contribution in [0.3, 0.4) is 0 Å². The van der Waals surface area contributed by atoms with Crippen molar-refractivity contribution in [2.75, 3.05) is 18.8 Å². The fourth-order valence-electron chi connectivity index (χ4n) is 2.61. The highest BCUT2D eigenvalue weighted by atomic mass is 32.2. The predicted molar refractivity (Wildman–Crippen MR) is 83.8 cm³/mol. The normalized spacial score (nSPS) is 25.1. The highest BCUT2D eigenvalue weighted by Gasteiger charge is 2.31. The molecular weight excluding hydrogens is 268 g/mol. The summed E-state index contributed by atoms with van der Waals surface area (Å²) in [6, 6.07) is 11.1. The lowest BCUT2D eigenvalue weighted by atomic mass is 10.1. The third-order valence-electron chi connectivity index (χ3n) is 4.12. The lowest BCUT2D eigenvalue weighted by Gasteiger charge is -2.36. The second-order valence-corrected chi connectivity index (χ2v) is 7.03. The Labute approximate surface area is 125 Å². The average Bonchev–Trinajstić information content (AvgIpc) is 3.31. The van der Waals surface area contributed by atoms with Gasteiger partial charge in [0.15, 0.2) is 0 Å². The van der Waals surface area contributed by atoms with E-state index in [4.69, 9.17) is 0 Å². The van der Waals surface area contributed by atoms with Gasteiger partial charge in [0.2, 0.25) is 5.91 Å². The second kappa shape index (κ2) is 6.19. The molecule has 1 saturated carbocycles. The summed E-state index contributed by atoms with van der Waals surface area (Å²) in [6.07, 6.45) is 2.31. The first-order valence-corrected chi connectivity index (χ1v) is 8.50. The Morgan fingerprint density at radius 1 is 1.35 bits per heavy atom. The minimum absolute atomic E-state index is 0.0114. The number of hydrogen-bond acceptors (Lipinski definition) is 3. The van der Waals surface area contributed by atoms with Gasteiger partial charge in [0, 0.05) is 30.1 Å². The van der Waals surface area contributed by atoms with Gasteiger partial charge in [-0.15, -0.1) is 0 Å². The molecule has 1 aliphatic heterocycles. The summed E-state index contributed by atoms with van der Waals surface area (Å²) in [5.74, 6) is 1.30. The molecular formula is C16H22N2OS. The lowest BCUT2D eigenvalue weighted by molar-refractivity contribution is -0.126. The van der Waals surface area contributed by atoms with Gasteiger partial charge >= 0.3 is 0 Å². The van der Waals surface area contributed by atoms with E-state index in [2.05, 4.69) is 40.5 Å². The number of thioether (sulfide) groups is 1. The van der Waals surface area contributed by atoms with Gasteiger partial charge in [-0.25, -0.2) is 0 Å². The molecule has 1 saturated heterocycles. The van der Waals surface area contributed by atoms with E-state index in [0.717, 1.165) is 31.7 Å². The monoisotopic (exact) mass is 290 g/mol. The maximum Gasteiger partial charge on any atom is 0.237 e. The van der Waals surface area contributed by atoms with Crippen LogP contribution in [0.15, 0.2) is 30.3 Å². The van der Waals surface area contributed by atoms with Gasteiger partial charge in [-0.3, -0.25) is 9.69 Å². The van der Waals surface area contributed by atoms with E-state index in [1.54, 1.807) is 0 Å². The van der Waals surface area contributed by atoms with Crippen molar-refractivity contribution in [1.29, 1.82) is 0 Å². The molecule has 3 nitrogen and oxygen atoms in total. The van der Waals surface area contributed by atoms with Crippen molar-refractivity contribution in [2.45, 2.75) is 37.1 Å². The van der Waals surface area contributed by atoms with Crippen molar-refractivity contribution in [1.82, 2.24) is 10.2 Å². The first-order chi connectivity index (χ1) is 9.74. The molecule has 1 aromatic carbocycles. The van der Waals surface area contributed by atoms with Crippen LogP contribution >= 0.6 is 11.8 Å². The number of carbonyl (C=O) groups excluding carboxylic acids is 1. The fraction of sp³-hybridized carbons (Fsp3) is 0.562. The number of rotatable bonds is 4. The maximum absolute atomic E-state index is 12.2. The number of nitrogens with zero attached hydrogens (tertiary/aromatic N) is 1. The molecule has 1 N–H and O–H groups in total. The number of nitrogens with one attached hydrogen (secondary N) is 1. The summed E-state index contributed by atoms with van der Waals surface area (Å²) in [5.41, 5.74) is 1.37. The van der Waals surface area contributed by atoms with E-state index < -0.39 is 0 Å². The van der Waals surface area contributed by atoms with E-state index in [1.807, 2.05) is 18.7 Å². The van der Waals surface area contributed by atoms with Gasteiger partial charge in [-0.1, -0.05) is 30.3 Å². The molecule has 0 unspecified atom stereocenters. The third-order valence-corrected chi connectivity index (χ3v) is 5.36. The Bertz CT molecular complexity index is 461. The zero-order valence-electron chi connectivity index (χ0n) is 11.9. The molecule has 0 bridgehead atoms. The molecule has 2 atom stereocenters. The quantitative estimate of drug-likeness (QED) is 0.924.